The third-order valence-electron chi connectivity index (χ3n) is 3.03. The number of anilines is 2. The largest absolute Gasteiger partial charge is 0.462 e. The van der Waals surface area contributed by atoms with E-state index in [1.807, 2.05) is 0 Å². The van der Waals surface area contributed by atoms with E-state index in [2.05, 4.69) is 30.5 Å². The van der Waals surface area contributed by atoms with Crippen LogP contribution in [0.1, 0.15) is 50.9 Å². The van der Waals surface area contributed by atoms with E-state index >= 15 is 0 Å². The molecule has 108 valence electrons. The minimum atomic E-state index is -0.410. The van der Waals surface area contributed by atoms with E-state index in [1.165, 1.54) is 11.5 Å². The van der Waals surface area contributed by atoms with Gasteiger partial charge in [-0.25, -0.2) is 4.79 Å². The van der Waals surface area contributed by atoms with Crippen LogP contribution in [-0.2, 0) is 4.74 Å². The van der Waals surface area contributed by atoms with Crippen molar-refractivity contribution in [2.75, 3.05) is 17.7 Å². The highest BCUT2D eigenvalue weighted by atomic mass is 32.1. The zero-order valence-corrected chi connectivity index (χ0v) is 12.8. The number of nitrogen functional groups attached to an aromatic ring is 1. The molecule has 0 aromatic carbocycles. The molecule has 0 fully saturated rings. The second-order valence-corrected chi connectivity index (χ2v) is 5.56. The molecular formula is C13H23N3O2S. The van der Waals surface area contributed by atoms with Crippen LogP contribution in [0, 0.1) is 5.92 Å². The van der Waals surface area contributed by atoms with Crippen LogP contribution in [0.15, 0.2) is 0 Å². The van der Waals surface area contributed by atoms with Crippen molar-refractivity contribution >= 4 is 28.3 Å². The summed E-state index contributed by atoms with van der Waals surface area (Å²) < 4.78 is 9.03. The summed E-state index contributed by atoms with van der Waals surface area (Å²) >= 11 is 1.21. The fraction of sp³-hybridized carbons (Fsp3) is 0.692. The van der Waals surface area contributed by atoms with Crippen molar-refractivity contribution in [3.8, 4) is 0 Å². The molecule has 2 atom stereocenters. The third-order valence-corrected chi connectivity index (χ3v) is 3.82. The SMILES string of the molecule is CCOC(=O)c1c(N)nsc1NC(C)CC(C)CC. The summed E-state index contributed by atoms with van der Waals surface area (Å²) in [7, 11) is 0. The third kappa shape index (κ3) is 4.38. The highest BCUT2D eigenvalue weighted by molar-refractivity contribution is 7.11. The maximum absolute atomic E-state index is 11.8. The van der Waals surface area contributed by atoms with E-state index in [-0.39, 0.29) is 11.9 Å². The van der Waals surface area contributed by atoms with E-state index in [9.17, 15) is 4.79 Å². The fourth-order valence-electron chi connectivity index (χ4n) is 1.85. The molecule has 0 saturated carbocycles. The van der Waals surface area contributed by atoms with Gasteiger partial charge in [0.2, 0.25) is 0 Å². The van der Waals surface area contributed by atoms with Gasteiger partial charge in [0, 0.05) is 6.04 Å². The molecule has 1 aromatic heterocycles. The monoisotopic (exact) mass is 285 g/mol. The average molecular weight is 285 g/mol. The quantitative estimate of drug-likeness (QED) is 0.753. The number of nitrogens with one attached hydrogen (secondary N) is 1. The molecule has 0 amide bonds. The topological polar surface area (TPSA) is 77.2 Å². The van der Waals surface area contributed by atoms with Gasteiger partial charge in [-0.1, -0.05) is 20.3 Å². The molecule has 1 rings (SSSR count). The number of hydrogen-bond acceptors (Lipinski definition) is 6. The van der Waals surface area contributed by atoms with Crippen LogP contribution in [0.25, 0.3) is 0 Å². The molecule has 1 aromatic rings. The number of hydrogen-bond donors (Lipinski definition) is 2. The van der Waals surface area contributed by atoms with Crippen molar-refractivity contribution in [3.63, 3.8) is 0 Å². The highest BCUT2D eigenvalue weighted by Crippen LogP contribution is 2.29. The Balaban J connectivity index is 2.76. The molecule has 2 unspecified atom stereocenters. The van der Waals surface area contributed by atoms with Gasteiger partial charge >= 0.3 is 5.97 Å². The lowest BCUT2D eigenvalue weighted by molar-refractivity contribution is 0.0529. The van der Waals surface area contributed by atoms with Crippen molar-refractivity contribution in [1.29, 1.82) is 0 Å². The van der Waals surface area contributed by atoms with Crippen LogP contribution in [0.4, 0.5) is 10.8 Å². The van der Waals surface area contributed by atoms with E-state index in [0.717, 1.165) is 12.8 Å². The molecule has 0 aliphatic heterocycles. The van der Waals surface area contributed by atoms with Crippen LogP contribution in [0.2, 0.25) is 0 Å². The van der Waals surface area contributed by atoms with Crippen LogP contribution >= 0.6 is 11.5 Å². The molecule has 3 N–H and O–H groups in total. The average Bonchev–Trinajstić information content (AvgIpc) is 2.70. The van der Waals surface area contributed by atoms with Crippen molar-refractivity contribution in [3.05, 3.63) is 5.56 Å². The summed E-state index contributed by atoms with van der Waals surface area (Å²) in [4.78, 5) is 11.8. The fourth-order valence-corrected chi connectivity index (χ4v) is 2.67. The van der Waals surface area contributed by atoms with Crippen LogP contribution in [0.3, 0.4) is 0 Å². The number of esters is 1. The number of nitrogens with zero attached hydrogens (tertiary/aromatic N) is 1. The molecule has 6 heteroatoms. The molecule has 0 radical (unpaired) electrons. The first-order valence-electron chi connectivity index (χ1n) is 6.68. The summed E-state index contributed by atoms with van der Waals surface area (Å²) in [6.07, 6.45) is 2.18. The number of ether oxygens (including phenoxy) is 1. The number of carbonyl (C=O) groups is 1. The van der Waals surface area contributed by atoms with Gasteiger partial charge in [-0.3, -0.25) is 0 Å². The van der Waals surface area contributed by atoms with Crippen LogP contribution in [-0.4, -0.2) is 23.0 Å². The van der Waals surface area contributed by atoms with Gasteiger partial charge in [0.15, 0.2) is 5.82 Å². The normalized spacial score (nSPS) is 13.9. The standard InChI is InChI=1S/C13H23N3O2S/c1-5-8(3)7-9(4)15-12-10(11(14)16-19-12)13(17)18-6-2/h8-9,15H,5-7H2,1-4H3,(H2,14,16). The molecule has 5 nitrogen and oxygen atoms in total. The first-order valence-corrected chi connectivity index (χ1v) is 7.45. The van der Waals surface area contributed by atoms with Crippen LogP contribution < -0.4 is 11.1 Å². The zero-order chi connectivity index (χ0) is 14.4. The summed E-state index contributed by atoms with van der Waals surface area (Å²) in [5.74, 6) is 0.465. The first kappa shape index (κ1) is 15.8. The Morgan fingerprint density at radius 3 is 2.74 bits per heavy atom. The van der Waals surface area contributed by atoms with Crippen molar-refractivity contribution < 1.29 is 9.53 Å². The minimum Gasteiger partial charge on any atom is -0.462 e. The molecule has 1 heterocycles. The Hall–Kier alpha value is -1.30. The first-order chi connectivity index (χ1) is 8.99. The van der Waals surface area contributed by atoms with Crippen LogP contribution in [0.5, 0.6) is 0 Å². The van der Waals surface area contributed by atoms with Crippen molar-refractivity contribution in [1.82, 2.24) is 4.37 Å². The van der Waals surface area contributed by atoms with E-state index in [4.69, 9.17) is 10.5 Å². The smallest absolute Gasteiger partial charge is 0.344 e. The summed E-state index contributed by atoms with van der Waals surface area (Å²) in [5, 5.41) is 4.01. The van der Waals surface area contributed by atoms with Gasteiger partial charge in [0.25, 0.3) is 0 Å². The van der Waals surface area contributed by atoms with E-state index in [1.54, 1.807) is 6.92 Å². The predicted molar refractivity (Wildman–Crippen MR) is 79.6 cm³/mol. The Bertz CT molecular complexity index is 420. The van der Waals surface area contributed by atoms with Crippen molar-refractivity contribution in [2.24, 2.45) is 5.92 Å². The molecule has 0 aliphatic rings. The maximum atomic E-state index is 11.8. The van der Waals surface area contributed by atoms with Gasteiger partial charge in [-0.15, -0.1) is 0 Å². The second-order valence-electron chi connectivity index (χ2n) is 4.79. The summed E-state index contributed by atoms with van der Waals surface area (Å²) in [6.45, 7) is 8.58. The summed E-state index contributed by atoms with van der Waals surface area (Å²) in [6, 6.07) is 0.267. The molecule has 0 spiro atoms. The maximum Gasteiger partial charge on any atom is 0.344 e. The number of aromatic nitrogens is 1. The Kier molecular flexibility index (Phi) is 6.08. The molecule has 0 aliphatic carbocycles. The van der Waals surface area contributed by atoms with Gasteiger partial charge in [-0.05, 0) is 37.7 Å². The Morgan fingerprint density at radius 2 is 2.16 bits per heavy atom. The minimum absolute atomic E-state index is 0.238. The van der Waals surface area contributed by atoms with E-state index in [0.29, 0.717) is 23.1 Å². The molecule has 0 bridgehead atoms. The van der Waals surface area contributed by atoms with Gasteiger partial charge < -0.3 is 15.8 Å². The predicted octanol–water partition coefficient (Wildman–Crippen LogP) is 3.14. The number of rotatable bonds is 7. The van der Waals surface area contributed by atoms with E-state index < -0.39 is 5.97 Å². The van der Waals surface area contributed by atoms with Gasteiger partial charge in [-0.2, -0.15) is 4.37 Å². The molecular weight excluding hydrogens is 262 g/mol. The highest BCUT2D eigenvalue weighted by Gasteiger charge is 2.21. The lowest BCUT2D eigenvalue weighted by atomic mass is 10.0. The molecule has 0 saturated heterocycles. The lowest BCUT2D eigenvalue weighted by Gasteiger charge is -2.18. The molecule has 19 heavy (non-hydrogen) atoms. The number of nitrogens with two attached hydrogens (primary N) is 1. The zero-order valence-electron chi connectivity index (χ0n) is 12.0. The lowest BCUT2D eigenvalue weighted by Crippen LogP contribution is -2.19. The van der Waals surface area contributed by atoms with Gasteiger partial charge in [0.05, 0.1) is 6.61 Å². The van der Waals surface area contributed by atoms with Crippen molar-refractivity contribution in [2.45, 2.75) is 46.6 Å². The Morgan fingerprint density at radius 1 is 1.47 bits per heavy atom. The Labute approximate surface area is 118 Å². The van der Waals surface area contributed by atoms with Gasteiger partial charge in [0.1, 0.15) is 10.6 Å². The number of carbonyl (C=O) groups excluding carboxylic acids is 1. The summed E-state index contributed by atoms with van der Waals surface area (Å²) in [5.41, 5.74) is 6.10. The second kappa shape index (κ2) is 7.33.